The number of aryl methyl sites for hydroxylation is 1. The summed E-state index contributed by atoms with van der Waals surface area (Å²) in [5.74, 6) is 1.04. The topological polar surface area (TPSA) is 41.4 Å². The minimum Gasteiger partial charge on any atom is -0.343 e. The number of rotatable bonds is 5. The summed E-state index contributed by atoms with van der Waals surface area (Å²) in [7, 11) is 1.91. The standard InChI is InChI=1S/C16H28N4O/c1-14(20-11-8-17-15(20)2)16(21)18(3)12-13-19-9-6-4-5-7-10-19/h8,11,14H,4-7,9-10,12-13H2,1-3H3/t14-/m0/s1. The fourth-order valence-electron chi connectivity index (χ4n) is 3.00. The van der Waals surface area contributed by atoms with Crippen LogP contribution in [0.1, 0.15) is 44.5 Å². The second-order valence-electron chi connectivity index (χ2n) is 6.07. The van der Waals surface area contributed by atoms with E-state index >= 15 is 0 Å². The summed E-state index contributed by atoms with van der Waals surface area (Å²) in [6, 6.07) is -0.179. The lowest BCUT2D eigenvalue weighted by molar-refractivity contribution is -0.133. The van der Waals surface area contributed by atoms with E-state index in [1.807, 2.05) is 36.6 Å². The summed E-state index contributed by atoms with van der Waals surface area (Å²) in [6.45, 7) is 8.02. The first-order valence-electron chi connectivity index (χ1n) is 8.06. The van der Waals surface area contributed by atoms with Gasteiger partial charge in [-0.1, -0.05) is 12.8 Å². The van der Waals surface area contributed by atoms with Gasteiger partial charge in [-0.15, -0.1) is 0 Å². The van der Waals surface area contributed by atoms with E-state index in [1.54, 1.807) is 6.20 Å². The van der Waals surface area contributed by atoms with E-state index in [-0.39, 0.29) is 11.9 Å². The monoisotopic (exact) mass is 292 g/mol. The molecule has 5 heteroatoms. The zero-order valence-corrected chi connectivity index (χ0v) is 13.6. The second kappa shape index (κ2) is 7.59. The maximum Gasteiger partial charge on any atom is 0.245 e. The molecule has 21 heavy (non-hydrogen) atoms. The normalized spacial score (nSPS) is 18.2. The Morgan fingerprint density at radius 2 is 2.00 bits per heavy atom. The van der Waals surface area contributed by atoms with E-state index < -0.39 is 0 Å². The van der Waals surface area contributed by atoms with Crippen LogP contribution in [0.5, 0.6) is 0 Å². The van der Waals surface area contributed by atoms with Crippen molar-refractivity contribution in [3.05, 3.63) is 18.2 Å². The molecule has 0 spiro atoms. The van der Waals surface area contributed by atoms with Crippen LogP contribution in [0.2, 0.25) is 0 Å². The Labute approximate surface area is 127 Å². The average Bonchev–Trinajstić information content (AvgIpc) is 2.75. The summed E-state index contributed by atoms with van der Waals surface area (Å²) in [4.78, 5) is 21.0. The number of carbonyl (C=O) groups is 1. The van der Waals surface area contributed by atoms with Crippen LogP contribution in [-0.4, -0.2) is 58.5 Å². The summed E-state index contributed by atoms with van der Waals surface area (Å²) in [6.07, 6.45) is 8.91. The molecule has 0 aliphatic carbocycles. The molecule has 0 radical (unpaired) electrons. The Morgan fingerprint density at radius 1 is 1.33 bits per heavy atom. The lowest BCUT2D eigenvalue weighted by Crippen LogP contribution is -2.39. The molecule has 1 aromatic rings. The van der Waals surface area contributed by atoms with Crippen LogP contribution < -0.4 is 0 Å². The van der Waals surface area contributed by atoms with Crippen LogP contribution in [0.15, 0.2) is 12.4 Å². The van der Waals surface area contributed by atoms with Crippen molar-refractivity contribution in [1.82, 2.24) is 19.4 Å². The molecule has 0 aromatic carbocycles. The molecule has 0 N–H and O–H groups in total. The predicted octanol–water partition coefficient (Wildman–Crippen LogP) is 2.09. The van der Waals surface area contributed by atoms with Crippen molar-refractivity contribution in [3.8, 4) is 0 Å². The molecule has 118 valence electrons. The number of carbonyl (C=O) groups excluding carboxylic acids is 1. The predicted molar refractivity (Wildman–Crippen MR) is 84.2 cm³/mol. The molecule has 1 amide bonds. The van der Waals surface area contributed by atoms with Gasteiger partial charge < -0.3 is 14.4 Å². The minimum atomic E-state index is -0.179. The third-order valence-corrected chi connectivity index (χ3v) is 4.46. The molecule has 2 heterocycles. The summed E-state index contributed by atoms with van der Waals surface area (Å²) >= 11 is 0. The zero-order valence-electron chi connectivity index (χ0n) is 13.6. The Bertz CT molecular complexity index is 449. The van der Waals surface area contributed by atoms with Gasteiger partial charge in [0.15, 0.2) is 0 Å². The zero-order chi connectivity index (χ0) is 15.2. The quantitative estimate of drug-likeness (QED) is 0.834. The van der Waals surface area contributed by atoms with Crippen molar-refractivity contribution in [3.63, 3.8) is 0 Å². The van der Waals surface area contributed by atoms with Gasteiger partial charge >= 0.3 is 0 Å². The molecule has 2 rings (SSSR count). The van der Waals surface area contributed by atoms with E-state index in [2.05, 4.69) is 9.88 Å². The molecule has 0 saturated carbocycles. The first-order chi connectivity index (χ1) is 10.1. The first kappa shape index (κ1) is 16.0. The third kappa shape index (κ3) is 4.30. The smallest absolute Gasteiger partial charge is 0.245 e. The highest BCUT2D eigenvalue weighted by atomic mass is 16.2. The number of likely N-dealkylation sites (tertiary alicyclic amines) is 1. The van der Waals surface area contributed by atoms with Crippen LogP contribution >= 0.6 is 0 Å². The van der Waals surface area contributed by atoms with Gasteiger partial charge in [-0.05, 0) is 39.8 Å². The van der Waals surface area contributed by atoms with Crippen LogP contribution in [0.4, 0.5) is 0 Å². The van der Waals surface area contributed by atoms with Crippen LogP contribution in [-0.2, 0) is 4.79 Å². The molecular weight excluding hydrogens is 264 g/mol. The summed E-state index contributed by atoms with van der Waals surface area (Å²) in [5.41, 5.74) is 0. The molecule has 1 aromatic heterocycles. The highest BCUT2D eigenvalue weighted by Gasteiger charge is 2.20. The number of likely N-dealkylation sites (N-methyl/N-ethyl adjacent to an activating group) is 1. The maximum atomic E-state index is 12.5. The maximum absolute atomic E-state index is 12.5. The number of imidazole rings is 1. The van der Waals surface area contributed by atoms with E-state index in [0.29, 0.717) is 0 Å². The van der Waals surface area contributed by atoms with Crippen molar-refractivity contribution in [2.24, 2.45) is 0 Å². The van der Waals surface area contributed by atoms with Crippen LogP contribution in [0, 0.1) is 6.92 Å². The fourth-order valence-corrected chi connectivity index (χ4v) is 3.00. The number of amides is 1. The molecule has 5 nitrogen and oxygen atoms in total. The van der Waals surface area contributed by atoms with Gasteiger partial charge in [0.1, 0.15) is 11.9 Å². The highest BCUT2D eigenvalue weighted by Crippen LogP contribution is 2.12. The lowest BCUT2D eigenvalue weighted by atomic mass is 10.2. The summed E-state index contributed by atoms with van der Waals surface area (Å²) in [5, 5.41) is 0. The van der Waals surface area contributed by atoms with Crippen LogP contribution in [0.25, 0.3) is 0 Å². The highest BCUT2D eigenvalue weighted by molar-refractivity contribution is 5.79. The van der Waals surface area contributed by atoms with Crippen LogP contribution in [0.3, 0.4) is 0 Å². The SMILES string of the molecule is Cc1nccn1[C@@H](C)C(=O)N(C)CCN1CCCCCC1. The van der Waals surface area contributed by atoms with Gasteiger partial charge in [-0.2, -0.15) is 0 Å². The Hall–Kier alpha value is -1.36. The molecule has 1 saturated heterocycles. The molecule has 1 atom stereocenters. The molecular formula is C16H28N4O. The van der Waals surface area contributed by atoms with Gasteiger partial charge in [0, 0.05) is 32.5 Å². The van der Waals surface area contributed by atoms with E-state index in [0.717, 1.165) is 18.9 Å². The number of hydrogen-bond donors (Lipinski definition) is 0. The third-order valence-electron chi connectivity index (χ3n) is 4.46. The van der Waals surface area contributed by atoms with E-state index in [4.69, 9.17) is 0 Å². The van der Waals surface area contributed by atoms with Crippen molar-refractivity contribution in [1.29, 1.82) is 0 Å². The minimum absolute atomic E-state index is 0.158. The Morgan fingerprint density at radius 3 is 2.57 bits per heavy atom. The number of aromatic nitrogens is 2. The van der Waals surface area contributed by atoms with Gasteiger partial charge in [0.2, 0.25) is 5.91 Å². The number of hydrogen-bond acceptors (Lipinski definition) is 3. The molecule has 1 fully saturated rings. The van der Waals surface area contributed by atoms with E-state index in [1.165, 1.54) is 38.8 Å². The van der Waals surface area contributed by atoms with Crippen molar-refractivity contribution >= 4 is 5.91 Å². The lowest BCUT2D eigenvalue weighted by Gasteiger charge is -2.26. The summed E-state index contributed by atoms with van der Waals surface area (Å²) < 4.78 is 1.94. The first-order valence-corrected chi connectivity index (χ1v) is 8.06. The second-order valence-corrected chi connectivity index (χ2v) is 6.07. The van der Waals surface area contributed by atoms with Gasteiger partial charge in [0.05, 0.1) is 0 Å². The molecule has 1 aliphatic heterocycles. The van der Waals surface area contributed by atoms with Gasteiger partial charge in [-0.3, -0.25) is 4.79 Å². The molecule has 0 unspecified atom stereocenters. The Balaban J connectivity index is 1.83. The average molecular weight is 292 g/mol. The van der Waals surface area contributed by atoms with Gasteiger partial charge in [0.25, 0.3) is 0 Å². The number of nitrogens with zero attached hydrogens (tertiary/aromatic N) is 4. The molecule has 0 bridgehead atoms. The van der Waals surface area contributed by atoms with Gasteiger partial charge in [-0.25, -0.2) is 4.98 Å². The Kier molecular flexibility index (Phi) is 5.79. The van der Waals surface area contributed by atoms with E-state index in [9.17, 15) is 4.79 Å². The largest absolute Gasteiger partial charge is 0.343 e. The van der Waals surface area contributed by atoms with Crippen molar-refractivity contribution in [2.75, 3.05) is 33.2 Å². The molecule has 1 aliphatic rings. The fraction of sp³-hybridized carbons (Fsp3) is 0.750. The van der Waals surface area contributed by atoms with Crippen molar-refractivity contribution < 1.29 is 4.79 Å². The van der Waals surface area contributed by atoms with Crippen molar-refractivity contribution in [2.45, 2.75) is 45.6 Å².